The Kier molecular flexibility index (Phi) is 3.44. The van der Waals surface area contributed by atoms with Crippen LogP contribution in [0.4, 0.5) is 0 Å². The average molecular weight is 188 g/mol. The Balaban J connectivity index is 2.50. The number of thioether (sulfide) groups is 1. The van der Waals surface area contributed by atoms with Crippen molar-refractivity contribution in [1.82, 2.24) is 4.90 Å². The van der Waals surface area contributed by atoms with Crippen LogP contribution in [0.2, 0.25) is 0 Å². The highest BCUT2D eigenvalue weighted by Gasteiger charge is 2.28. The molecule has 1 saturated heterocycles. The van der Waals surface area contributed by atoms with Gasteiger partial charge < -0.3 is 5.73 Å². The molecule has 1 aliphatic rings. The normalized spacial score (nSPS) is 27.5. The van der Waals surface area contributed by atoms with E-state index in [-0.39, 0.29) is 5.54 Å². The molecule has 1 unspecified atom stereocenters. The number of hydrogen-bond donors (Lipinski definition) is 1. The zero-order valence-electron chi connectivity index (χ0n) is 8.34. The highest BCUT2D eigenvalue weighted by atomic mass is 32.2. The van der Waals surface area contributed by atoms with Gasteiger partial charge in [0.15, 0.2) is 0 Å². The summed E-state index contributed by atoms with van der Waals surface area (Å²) in [5, 5.41) is 0.768. The summed E-state index contributed by atoms with van der Waals surface area (Å²) in [6.45, 7) is 9.90. The van der Waals surface area contributed by atoms with E-state index in [1.54, 1.807) is 0 Å². The monoisotopic (exact) mass is 188 g/mol. The SMILES string of the molecule is CC1CN(C(C)(C)CN)CCS1. The third kappa shape index (κ3) is 2.38. The molecule has 2 nitrogen and oxygen atoms in total. The summed E-state index contributed by atoms with van der Waals surface area (Å²) in [6.07, 6.45) is 0. The lowest BCUT2D eigenvalue weighted by Gasteiger charge is -2.42. The van der Waals surface area contributed by atoms with Crippen LogP contribution in [-0.4, -0.2) is 41.1 Å². The molecule has 0 radical (unpaired) electrons. The Morgan fingerprint density at radius 1 is 1.58 bits per heavy atom. The molecule has 0 aromatic carbocycles. The molecule has 72 valence electrons. The van der Waals surface area contributed by atoms with Gasteiger partial charge in [-0.15, -0.1) is 0 Å². The summed E-state index contributed by atoms with van der Waals surface area (Å²) >= 11 is 2.07. The van der Waals surface area contributed by atoms with Crippen LogP contribution in [0.5, 0.6) is 0 Å². The van der Waals surface area contributed by atoms with E-state index in [0.717, 1.165) is 11.8 Å². The third-order valence-corrected chi connectivity index (χ3v) is 3.73. The van der Waals surface area contributed by atoms with Gasteiger partial charge in [-0.1, -0.05) is 6.92 Å². The first-order chi connectivity index (χ1) is 5.56. The van der Waals surface area contributed by atoms with E-state index in [1.165, 1.54) is 18.8 Å². The summed E-state index contributed by atoms with van der Waals surface area (Å²) in [5.41, 5.74) is 5.92. The summed E-state index contributed by atoms with van der Waals surface area (Å²) in [5.74, 6) is 1.25. The van der Waals surface area contributed by atoms with Crippen molar-refractivity contribution in [3.05, 3.63) is 0 Å². The molecule has 1 aliphatic heterocycles. The van der Waals surface area contributed by atoms with Crippen LogP contribution < -0.4 is 5.73 Å². The summed E-state index contributed by atoms with van der Waals surface area (Å²) < 4.78 is 0. The Labute approximate surface area is 79.9 Å². The molecule has 2 N–H and O–H groups in total. The lowest BCUT2D eigenvalue weighted by atomic mass is 10.0. The van der Waals surface area contributed by atoms with Crippen molar-refractivity contribution in [2.24, 2.45) is 5.73 Å². The Bertz CT molecular complexity index is 147. The van der Waals surface area contributed by atoms with Crippen molar-refractivity contribution < 1.29 is 0 Å². The molecule has 1 rings (SSSR count). The van der Waals surface area contributed by atoms with Crippen LogP contribution in [0.3, 0.4) is 0 Å². The highest BCUT2D eigenvalue weighted by molar-refractivity contribution is 7.99. The minimum absolute atomic E-state index is 0.190. The Morgan fingerprint density at radius 2 is 2.25 bits per heavy atom. The van der Waals surface area contributed by atoms with Gasteiger partial charge in [-0.25, -0.2) is 0 Å². The van der Waals surface area contributed by atoms with Gasteiger partial charge in [-0.05, 0) is 13.8 Å². The predicted molar refractivity (Wildman–Crippen MR) is 56.6 cm³/mol. The van der Waals surface area contributed by atoms with Gasteiger partial charge in [0.25, 0.3) is 0 Å². The quantitative estimate of drug-likeness (QED) is 0.705. The second-order valence-corrected chi connectivity index (χ2v) is 5.69. The van der Waals surface area contributed by atoms with Crippen LogP contribution in [0.25, 0.3) is 0 Å². The fourth-order valence-electron chi connectivity index (χ4n) is 1.50. The van der Waals surface area contributed by atoms with E-state index in [1.807, 2.05) is 0 Å². The molecule has 0 saturated carbocycles. The van der Waals surface area contributed by atoms with Crippen LogP contribution in [0, 0.1) is 0 Å². The van der Waals surface area contributed by atoms with Crippen molar-refractivity contribution in [3.63, 3.8) is 0 Å². The zero-order valence-corrected chi connectivity index (χ0v) is 9.16. The lowest BCUT2D eigenvalue weighted by molar-refractivity contribution is 0.133. The summed E-state index contributed by atoms with van der Waals surface area (Å²) in [6, 6.07) is 0. The molecule has 0 amide bonds. The number of nitrogens with zero attached hydrogens (tertiary/aromatic N) is 1. The van der Waals surface area contributed by atoms with Crippen molar-refractivity contribution in [2.45, 2.75) is 31.6 Å². The molecule has 3 heteroatoms. The maximum Gasteiger partial charge on any atom is 0.0276 e. The average Bonchev–Trinajstić information content (AvgIpc) is 2.05. The van der Waals surface area contributed by atoms with E-state index >= 15 is 0 Å². The lowest BCUT2D eigenvalue weighted by Crippen LogP contribution is -2.53. The van der Waals surface area contributed by atoms with Crippen LogP contribution >= 0.6 is 11.8 Å². The molecule has 0 aromatic heterocycles. The molecule has 1 fully saturated rings. The third-order valence-electron chi connectivity index (χ3n) is 2.60. The molecule has 1 atom stereocenters. The Morgan fingerprint density at radius 3 is 2.75 bits per heavy atom. The van der Waals surface area contributed by atoms with E-state index in [2.05, 4.69) is 37.4 Å². The van der Waals surface area contributed by atoms with E-state index in [9.17, 15) is 0 Å². The molecular formula is C9H20N2S. The molecule has 0 aliphatic carbocycles. The first kappa shape index (κ1) is 10.4. The molecule has 0 spiro atoms. The summed E-state index contributed by atoms with van der Waals surface area (Å²) in [7, 11) is 0. The predicted octanol–water partition coefficient (Wildman–Crippen LogP) is 1.16. The van der Waals surface area contributed by atoms with E-state index in [0.29, 0.717) is 0 Å². The van der Waals surface area contributed by atoms with Crippen molar-refractivity contribution >= 4 is 11.8 Å². The Hall–Kier alpha value is 0.270. The standard InChI is InChI=1S/C9H20N2S/c1-8-6-11(4-5-12-8)9(2,3)7-10/h8H,4-7,10H2,1-3H3. The van der Waals surface area contributed by atoms with Gasteiger partial charge in [-0.2, -0.15) is 11.8 Å². The molecule has 1 heterocycles. The zero-order chi connectivity index (χ0) is 9.19. The molecule has 0 bridgehead atoms. The molecule has 12 heavy (non-hydrogen) atoms. The van der Waals surface area contributed by atoms with Crippen molar-refractivity contribution in [3.8, 4) is 0 Å². The first-order valence-corrected chi connectivity index (χ1v) is 5.68. The van der Waals surface area contributed by atoms with Gasteiger partial charge in [0.05, 0.1) is 0 Å². The number of nitrogens with two attached hydrogens (primary N) is 1. The van der Waals surface area contributed by atoms with Gasteiger partial charge >= 0.3 is 0 Å². The smallest absolute Gasteiger partial charge is 0.0276 e. The fourth-order valence-corrected chi connectivity index (χ4v) is 2.51. The largest absolute Gasteiger partial charge is 0.329 e. The van der Waals surface area contributed by atoms with Gasteiger partial charge in [0.1, 0.15) is 0 Å². The summed E-state index contributed by atoms with van der Waals surface area (Å²) in [4.78, 5) is 2.51. The van der Waals surface area contributed by atoms with Crippen molar-refractivity contribution in [2.75, 3.05) is 25.4 Å². The fraction of sp³-hybridized carbons (Fsp3) is 1.00. The van der Waals surface area contributed by atoms with E-state index < -0.39 is 0 Å². The minimum Gasteiger partial charge on any atom is -0.329 e. The number of rotatable bonds is 2. The van der Waals surface area contributed by atoms with Gasteiger partial charge in [0.2, 0.25) is 0 Å². The minimum atomic E-state index is 0.190. The number of hydrogen-bond acceptors (Lipinski definition) is 3. The van der Waals surface area contributed by atoms with Crippen molar-refractivity contribution in [1.29, 1.82) is 0 Å². The van der Waals surface area contributed by atoms with E-state index in [4.69, 9.17) is 5.73 Å². The highest BCUT2D eigenvalue weighted by Crippen LogP contribution is 2.23. The first-order valence-electron chi connectivity index (χ1n) is 4.63. The molecule has 0 aromatic rings. The maximum atomic E-state index is 5.73. The van der Waals surface area contributed by atoms with Crippen LogP contribution in [-0.2, 0) is 0 Å². The maximum absolute atomic E-state index is 5.73. The molecular weight excluding hydrogens is 168 g/mol. The van der Waals surface area contributed by atoms with Gasteiger partial charge in [-0.3, -0.25) is 4.90 Å². The second kappa shape index (κ2) is 3.99. The topological polar surface area (TPSA) is 29.3 Å². The second-order valence-electron chi connectivity index (χ2n) is 4.14. The van der Waals surface area contributed by atoms with Gasteiger partial charge in [0, 0.05) is 36.2 Å². The van der Waals surface area contributed by atoms with Crippen LogP contribution in [0.1, 0.15) is 20.8 Å². The van der Waals surface area contributed by atoms with Crippen LogP contribution in [0.15, 0.2) is 0 Å².